The minimum atomic E-state index is -0.783. The van der Waals surface area contributed by atoms with Gasteiger partial charge in [-0.2, -0.15) is 5.10 Å². The molecule has 0 fully saturated rings. The van der Waals surface area contributed by atoms with Crippen LogP contribution in [0, 0.1) is 17.0 Å². The minimum Gasteiger partial charge on any atom is -0.291 e. The number of aromatic nitrogens is 5. The summed E-state index contributed by atoms with van der Waals surface area (Å²) in [6.45, 7) is 3.46. The Morgan fingerprint density at radius 1 is 1.32 bits per heavy atom. The Bertz CT molecular complexity index is 1050. The summed E-state index contributed by atoms with van der Waals surface area (Å²) in [5.41, 5.74) is 0.947. The molecule has 0 aliphatic heterocycles. The van der Waals surface area contributed by atoms with Gasteiger partial charge in [-0.25, -0.2) is 9.67 Å². The number of hydrogen-bond donors (Lipinski definition) is 1. The van der Waals surface area contributed by atoms with Crippen molar-refractivity contribution in [1.29, 1.82) is 0 Å². The Balaban J connectivity index is 1.67. The van der Waals surface area contributed by atoms with Gasteiger partial charge in [-0.1, -0.05) is 29.3 Å². The standard InChI is InChI=1S/C16H15Cl2N7O3/c1-9-14(25(27)28)7-24(21-9)10(2)15(26)20-16-19-8-23(22-16)6-11-3-4-12(17)13(18)5-11/h3-5,7-8,10H,6H2,1-2H3,(H,20,22,26). The smallest absolute Gasteiger partial charge is 0.291 e. The summed E-state index contributed by atoms with van der Waals surface area (Å²) in [6.07, 6.45) is 2.68. The molecule has 0 saturated carbocycles. The van der Waals surface area contributed by atoms with E-state index in [4.69, 9.17) is 23.2 Å². The third kappa shape index (κ3) is 4.29. The second kappa shape index (κ2) is 7.95. The van der Waals surface area contributed by atoms with Crippen molar-refractivity contribution in [2.45, 2.75) is 26.4 Å². The van der Waals surface area contributed by atoms with Gasteiger partial charge in [0.1, 0.15) is 24.3 Å². The first-order chi connectivity index (χ1) is 13.2. The number of rotatable bonds is 6. The third-order valence-electron chi connectivity index (χ3n) is 3.96. The van der Waals surface area contributed by atoms with Crippen molar-refractivity contribution in [3.63, 3.8) is 0 Å². The number of carbonyl (C=O) groups is 1. The molecule has 0 aliphatic rings. The topological polar surface area (TPSA) is 121 Å². The van der Waals surface area contributed by atoms with Crippen LogP contribution in [0.1, 0.15) is 24.2 Å². The maximum atomic E-state index is 12.4. The van der Waals surface area contributed by atoms with Crippen LogP contribution in [0.15, 0.2) is 30.7 Å². The second-order valence-corrected chi connectivity index (χ2v) is 6.83. The van der Waals surface area contributed by atoms with E-state index in [1.165, 1.54) is 28.8 Å². The molecule has 12 heteroatoms. The van der Waals surface area contributed by atoms with E-state index in [2.05, 4.69) is 20.5 Å². The second-order valence-electron chi connectivity index (χ2n) is 6.02. The Kier molecular flexibility index (Phi) is 5.61. The van der Waals surface area contributed by atoms with Gasteiger partial charge in [0.05, 0.1) is 21.5 Å². The highest BCUT2D eigenvalue weighted by atomic mass is 35.5. The molecule has 0 bridgehead atoms. The molecule has 3 aromatic rings. The summed E-state index contributed by atoms with van der Waals surface area (Å²) in [5.74, 6) is -0.347. The Morgan fingerprint density at radius 2 is 2.07 bits per heavy atom. The minimum absolute atomic E-state index is 0.107. The molecule has 28 heavy (non-hydrogen) atoms. The Hall–Kier alpha value is -2.98. The number of hydrogen-bond acceptors (Lipinski definition) is 6. The zero-order chi connectivity index (χ0) is 20.4. The molecular weight excluding hydrogens is 409 g/mol. The predicted molar refractivity (Wildman–Crippen MR) is 103 cm³/mol. The summed E-state index contributed by atoms with van der Waals surface area (Å²) >= 11 is 11.9. The van der Waals surface area contributed by atoms with E-state index in [9.17, 15) is 14.9 Å². The molecular formula is C16H15Cl2N7O3. The van der Waals surface area contributed by atoms with Gasteiger partial charge in [0.2, 0.25) is 5.95 Å². The highest BCUT2D eigenvalue weighted by molar-refractivity contribution is 6.42. The van der Waals surface area contributed by atoms with Gasteiger partial charge in [-0.3, -0.25) is 24.9 Å². The third-order valence-corrected chi connectivity index (χ3v) is 4.70. The zero-order valence-corrected chi connectivity index (χ0v) is 16.3. The van der Waals surface area contributed by atoms with Crippen LogP contribution in [0.5, 0.6) is 0 Å². The first-order valence-electron chi connectivity index (χ1n) is 8.09. The number of nitro groups is 1. The van der Waals surface area contributed by atoms with Gasteiger partial charge < -0.3 is 0 Å². The molecule has 0 radical (unpaired) electrons. The van der Waals surface area contributed by atoms with Crippen LogP contribution in [0.4, 0.5) is 11.6 Å². The van der Waals surface area contributed by atoms with Crippen LogP contribution < -0.4 is 5.32 Å². The van der Waals surface area contributed by atoms with Crippen LogP contribution >= 0.6 is 23.2 Å². The first kappa shape index (κ1) is 19.8. The van der Waals surface area contributed by atoms with Crippen molar-refractivity contribution in [2.24, 2.45) is 0 Å². The van der Waals surface area contributed by atoms with Gasteiger partial charge in [-0.05, 0) is 31.5 Å². The normalized spacial score (nSPS) is 12.0. The van der Waals surface area contributed by atoms with Crippen molar-refractivity contribution in [3.8, 4) is 0 Å². The van der Waals surface area contributed by atoms with E-state index in [1.807, 2.05) is 6.07 Å². The van der Waals surface area contributed by atoms with Crippen molar-refractivity contribution in [1.82, 2.24) is 24.5 Å². The van der Waals surface area contributed by atoms with Crippen LogP contribution in [0.2, 0.25) is 10.0 Å². The number of carbonyl (C=O) groups excluding carboxylic acids is 1. The lowest BCUT2D eigenvalue weighted by Gasteiger charge is -2.10. The average Bonchev–Trinajstić information content (AvgIpc) is 3.24. The summed E-state index contributed by atoms with van der Waals surface area (Å²) in [6, 6.07) is 4.43. The molecule has 1 N–H and O–H groups in total. The monoisotopic (exact) mass is 423 g/mol. The van der Waals surface area contributed by atoms with Crippen molar-refractivity contribution >= 4 is 40.7 Å². The van der Waals surface area contributed by atoms with E-state index in [0.29, 0.717) is 16.6 Å². The SMILES string of the molecule is Cc1nn(C(C)C(=O)Nc2ncn(Cc3ccc(Cl)c(Cl)c3)n2)cc1[N+](=O)[O-]. The molecule has 2 aromatic heterocycles. The number of halogens is 2. The number of amides is 1. The van der Waals surface area contributed by atoms with E-state index in [-0.39, 0.29) is 17.3 Å². The fraction of sp³-hybridized carbons (Fsp3) is 0.250. The Labute approximate surface area is 169 Å². The van der Waals surface area contributed by atoms with Crippen LogP contribution in [0.3, 0.4) is 0 Å². The molecule has 146 valence electrons. The lowest BCUT2D eigenvalue weighted by Crippen LogP contribution is -2.24. The van der Waals surface area contributed by atoms with Crippen LogP contribution in [-0.2, 0) is 11.3 Å². The van der Waals surface area contributed by atoms with E-state index in [0.717, 1.165) is 5.56 Å². The molecule has 10 nitrogen and oxygen atoms in total. The first-order valence-corrected chi connectivity index (χ1v) is 8.84. The predicted octanol–water partition coefficient (Wildman–Crippen LogP) is 3.25. The molecule has 1 unspecified atom stereocenters. The number of nitrogens with zero attached hydrogens (tertiary/aromatic N) is 6. The molecule has 0 saturated heterocycles. The molecule has 1 aromatic carbocycles. The molecule has 1 amide bonds. The van der Waals surface area contributed by atoms with Crippen LogP contribution in [-0.4, -0.2) is 35.4 Å². The van der Waals surface area contributed by atoms with Gasteiger partial charge in [0.25, 0.3) is 5.91 Å². The van der Waals surface area contributed by atoms with Gasteiger partial charge in [-0.15, -0.1) is 5.10 Å². The highest BCUT2D eigenvalue weighted by Crippen LogP contribution is 2.23. The number of benzene rings is 1. The van der Waals surface area contributed by atoms with E-state index in [1.54, 1.807) is 19.1 Å². The van der Waals surface area contributed by atoms with Crippen LogP contribution in [0.25, 0.3) is 0 Å². The number of aryl methyl sites for hydroxylation is 1. The van der Waals surface area contributed by atoms with E-state index >= 15 is 0 Å². The molecule has 0 spiro atoms. The highest BCUT2D eigenvalue weighted by Gasteiger charge is 2.23. The summed E-state index contributed by atoms with van der Waals surface area (Å²) in [5, 5.41) is 22.6. The summed E-state index contributed by atoms with van der Waals surface area (Å²) < 4.78 is 2.76. The van der Waals surface area contributed by atoms with Gasteiger partial charge in [0, 0.05) is 0 Å². The van der Waals surface area contributed by atoms with E-state index < -0.39 is 16.9 Å². The average molecular weight is 424 g/mol. The molecule has 2 heterocycles. The maximum Gasteiger partial charge on any atom is 0.309 e. The molecule has 1 atom stereocenters. The lowest BCUT2D eigenvalue weighted by molar-refractivity contribution is -0.385. The lowest BCUT2D eigenvalue weighted by atomic mass is 10.2. The fourth-order valence-electron chi connectivity index (χ4n) is 2.44. The zero-order valence-electron chi connectivity index (χ0n) is 14.8. The number of anilines is 1. The Morgan fingerprint density at radius 3 is 2.71 bits per heavy atom. The summed E-state index contributed by atoms with van der Waals surface area (Å²) in [7, 11) is 0. The van der Waals surface area contributed by atoms with Gasteiger partial charge in [0.15, 0.2) is 0 Å². The van der Waals surface area contributed by atoms with Crippen molar-refractivity contribution in [2.75, 3.05) is 5.32 Å². The quantitative estimate of drug-likeness (QED) is 0.479. The van der Waals surface area contributed by atoms with Crippen molar-refractivity contribution < 1.29 is 9.72 Å². The number of nitrogens with one attached hydrogen (secondary N) is 1. The fourth-order valence-corrected chi connectivity index (χ4v) is 2.76. The molecule has 3 rings (SSSR count). The van der Waals surface area contributed by atoms with Gasteiger partial charge >= 0.3 is 5.69 Å². The molecule has 0 aliphatic carbocycles. The summed E-state index contributed by atoms with van der Waals surface area (Å²) in [4.78, 5) is 26.8. The largest absolute Gasteiger partial charge is 0.309 e. The van der Waals surface area contributed by atoms with Crippen molar-refractivity contribution in [3.05, 3.63) is 62.1 Å². The maximum absolute atomic E-state index is 12.4.